The van der Waals surface area contributed by atoms with E-state index in [1.807, 2.05) is 6.92 Å². The number of nitrogens with one attached hydrogen (secondary N) is 1. The Kier molecular flexibility index (Phi) is 5.60. The second-order valence-electron chi connectivity index (χ2n) is 4.96. The monoisotopic (exact) mass is 281 g/mol. The van der Waals surface area contributed by atoms with Crippen LogP contribution in [0, 0.1) is 0 Å². The Hall–Kier alpha value is 0.0600. The highest BCUT2D eigenvalue weighted by atomic mass is 32.2. The normalized spacial score (nSPS) is 29.1. The Morgan fingerprint density at radius 3 is 2.59 bits per heavy atom. The van der Waals surface area contributed by atoms with Crippen molar-refractivity contribution in [2.24, 2.45) is 0 Å². The second-order valence-corrected chi connectivity index (χ2v) is 9.02. The molecule has 4 atom stereocenters. The number of rotatable bonds is 6. The van der Waals surface area contributed by atoms with E-state index < -0.39 is 20.6 Å². The van der Waals surface area contributed by atoms with Crippen LogP contribution in [0.5, 0.6) is 0 Å². The van der Waals surface area contributed by atoms with Crippen molar-refractivity contribution in [3.8, 4) is 0 Å². The van der Waals surface area contributed by atoms with Crippen molar-refractivity contribution in [3.63, 3.8) is 0 Å². The molecule has 0 saturated heterocycles. The quantitative estimate of drug-likeness (QED) is 0.778. The van der Waals surface area contributed by atoms with Gasteiger partial charge in [0.25, 0.3) is 0 Å². The molecule has 1 rings (SSSR count). The van der Waals surface area contributed by atoms with Crippen LogP contribution in [0.25, 0.3) is 0 Å². The Labute approximate surface area is 107 Å². The van der Waals surface area contributed by atoms with Gasteiger partial charge in [0.2, 0.25) is 0 Å². The standard InChI is InChI=1S/C11H23NO3S2/c1-9(16(2)13)7-8-12-10-5-4-6-11(10)17(3,14)15/h9-12H,4-8H2,1-3H3. The topological polar surface area (TPSA) is 63.2 Å². The van der Waals surface area contributed by atoms with Gasteiger partial charge >= 0.3 is 0 Å². The third-order valence-corrected chi connectivity index (χ3v) is 6.56. The Morgan fingerprint density at radius 1 is 1.41 bits per heavy atom. The Bertz CT molecular complexity index is 367. The molecule has 1 N–H and O–H groups in total. The summed E-state index contributed by atoms with van der Waals surface area (Å²) >= 11 is 0. The summed E-state index contributed by atoms with van der Waals surface area (Å²) in [5.41, 5.74) is 0. The zero-order valence-electron chi connectivity index (χ0n) is 10.8. The maximum Gasteiger partial charge on any atom is 0.151 e. The van der Waals surface area contributed by atoms with Gasteiger partial charge in [-0.1, -0.05) is 13.3 Å². The molecule has 1 fully saturated rings. The van der Waals surface area contributed by atoms with Crippen molar-refractivity contribution in [2.45, 2.75) is 49.1 Å². The SMILES string of the molecule is CC(CCNC1CCCC1S(C)(=O)=O)S(C)=O. The van der Waals surface area contributed by atoms with Crippen molar-refractivity contribution >= 4 is 20.6 Å². The lowest BCUT2D eigenvalue weighted by Crippen LogP contribution is -2.41. The van der Waals surface area contributed by atoms with Gasteiger partial charge < -0.3 is 5.32 Å². The number of hydrogen-bond acceptors (Lipinski definition) is 4. The Balaban J connectivity index is 2.39. The summed E-state index contributed by atoms with van der Waals surface area (Å²) in [4.78, 5) is 0. The molecule has 17 heavy (non-hydrogen) atoms. The van der Waals surface area contributed by atoms with Crippen molar-refractivity contribution in [3.05, 3.63) is 0 Å². The van der Waals surface area contributed by atoms with Crippen molar-refractivity contribution in [1.82, 2.24) is 5.32 Å². The molecule has 0 radical (unpaired) electrons. The minimum Gasteiger partial charge on any atom is -0.313 e. The fourth-order valence-corrected chi connectivity index (χ4v) is 4.18. The van der Waals surface area contributed by atoms with E-state index in [1.54, 1.807) is 6.26 Å². The minimum absolute atomic E-state index is 0.0856. The van der Waals surface area contributed by atoms with Gasteiger partial charge in [0.1, 0.15) is 0 Å². The van der Waals surface area contributed by atoms with E-state index in [0.717, 1.165) is 32.2 Å². The Morgan fingerprint density at radius 2 is 2.06 bits per heavy atom. The molecule has 102 valence electrons. The lowest BCUT2D eigenvalue weighted by Gasteiger charge is -2.20. The first-order valence-corrected chi connectivity index (χ1v) is 9.64. The first-order chi connectivity index (χ1) is 7.82. The summed E-state index contributed by atoms with van der Waals surface area (Å²) < 4.78 is 34.3. The molecule has 1 aliphatic carbocycles. The van der Waals surface area contributed by atoms with Crippen LogP contribution >= 0.6 is 0 Å². The van der Waals surface area contributed by atoms with Crippen molar-refractivity contribution < 1.29 is 12.6 Å². The highest BCUT2D eigenvalue weighted by Gasteiger charge is 2.34. The van der Waals surface area contributed by atoms with Gasteiger partial charge in [-0.2, -0.15) is 0 Å². The predicted molar refractivity (Wildman–Crippen MR) is 72.4 cm³/mol. The first kappa shape index (κ1) is 15.1. The van der Waals surface area contributed by atoms with Crippen LogP contribution in [-0.2, 0) is 20.6 Å². The van der Waals surface area contributed by atoms with E-state index >= 15 is 0 Å². The zero-order valence-corrected chi connectivity index (χ0v) is 12.4. The third-order valence-electron chi connectivity index (χ3n) is 3.53. The van der Waals surface area contributed by atoms with E-state index in [9.17, 15) is 12.6 Å². The van der Waals surface area contributed by atoms with Crippen LogP contribution in [-0.4, -0.2) is 48.2 Å². The summed E-state index contributed by atoms with van der Waals surface area (Å²) in [6, 6.07) is 0.0856. The zero-order chi connectivity index (χ0) is 13.1. The van der Waals surface area contributed by atoms with Gasteiger partial charge in [-0.25, -0.2) is 8.42 Å². The lowest BCUT2D eigenvalue weighted by molar-refractivity contribution is 0.500. The van der Waals surface area contributed by atoms with Crippen LogP contribution in [0.3, 0.4) is 0 Å². The highest BCUT2D eigenvalue weighted by Crippen LogP contribution is 2.25. The van der Waals surface area contributed by atoms with Gasteiger partial charge in [0.15, 0.2) is 9.84 Å². The molecule has 4 nitrogen and oxygen atoms in total. The molecule has 0 aromatic rings. The molecule has 0 aromatic carbocycles. The molecule has 6 heteroatoms. The van der Waals surface area contributed by atoms with E-state index in [0.29, 0.717) is 0 Å². The van der Waals surface area contributed by atoms with Crippen LogP contribution < -0.4 is 5.32 Å². The maximum absolute atomic E-state index is 11.6. The fourth-order valence-electron chi connectivity index (χ4n) is 2.31. The molecule has 0 heterocycles. The van der Waals surface area contributed by atoms with Crippen LogP contribution in [0.15, 0.2) is 0 Å². The lowest BCUT2D eigenvalue weighted by atomic mass is 10.2. The molecule has 1 saturated carbocycles. The smallest absolute Gasteiger partial charge is 0.151 e. The van der Waals surface area contributed by atoms with Gasteiger partial charge in [0, 0.05) is 34.6 Å². The molecule has 4 unspecified atom stereocenters. The number of hydrogen-bond donors (Lipinski definition) is 1. The van der Waals surface area contributed by atoms with Crippen LogP contribution in [0.4, 0.5) is 0 Å². The summed E-state index contributed by atoms with van der Waals surface area (Å²) in [6.45, 7) is 2.71. The minimum atomic E-state index is -2.94. The van der Waals surface area contributed by atoms with E-state index in [-0.39, 0.29) is 16.5 Å². The molecule has 0 aliphatic heterocycles. The first-order valence-electron chi connectivity index (χ1n) is 6.07. The van der Waals surface area contributed by atoms with Gasteiger partial charge in [-0.05, 0) is 25.8 Å². The molecule has 1 aliphatic rings. The van der Waals surface area contributed by atoms with Gasteiger partial charge in [0.05, 0.1) is 5.25 Å². The second kappa shape index (κ2) is 6.29. The average Bonchev–Trinajstić information content (AvgIpc) is 2.65. The highest BCUT2D eigenvalue weighted by molar-refractivity contribution is 7.91. The number of sulfone groups is 1. The van der Waals surface area contributed by atoms with E-state index in [2.05, 4.69) is 5.32 Å². The molecule has 0 spiro atoms. The van der Waals surface area contributed by atoms with Crippen LogP contribution in [0.2, 0.25) is 0 Å². The van der Waals surface area contributed by atoms with E-state index in [4.69, 9.17) is 0 Å². The summed E-state index contributed by atoms with van der Waals surface area (Å²) in [5.74, 6) is 0. The summed E-state index contributed by atoms with van der Waals surface area (Å²) in [5, 5.41) is 3.25. The van der Waals surface area contributed by atoms with Crippen molar-refractivity contribution in [2.75, 3.05) is 19.1 Å². The molecule has 0 aromatic heterocycles. The molecule has 0 amide bonds. The molecular weight excluding hydrogens is 258 g/mol. The predicted octanol–water partition coefficient (Wildman–Crippen LogP) is 0.699. The molecular formula is C11H23NO3S2. The summed E-state index contributed by atoms with van der Waals surface area (Å²) in [7, 11) is -3.74. The summed E-state index contributed by atoms with van der Waals surface area (Å²) in [6.07, 6.45) is 6.54. The molecule has 0 bridgehead atoms. The van der Waals surface area contributed by atoms with Gasteiger partial charge in [-0.15, -0.1) is 0 Å². The van der Waals surface area contributed by atoms with Crippen LogP contribution in [0.1, 0.15) is 32.6 Å². The average molecular weight is 281 g/mol. The van der Waals surface area contributed by atoms with Gasteiger partial charge in [-0.3, -0.25) is 4.21 Å². The van der Waals surface area contributed by atoms with Crippen molar-refractivity contribution in [1.29, 1.82) is 0 Å². The maximum atomic E-state index is 11.6. The fraction of sp³-hybridized carbons (Fsp3) is 1.00. The largest absolute Gasteiger partial charge is 0.313 e. The third kappa shape index (κ3) is 4.67. The van der Waals surface area contributed by atoms with E-state index in [1.165, 1.54) is 6.26 Å².